The first-order chi connectivity index (χ1) is 9.65. The lowest BCUT2D eigenvalue weighted by molar-refractivity contribution is 0.723. The van der Waals surface area contributed by atoms with Gasteiger partial charge in [-0.25, -0.2) is 0 Å². The first kappa shape index (κ1) is 15.0. The SMILES string of the molecule is C[C@H](CNC(=S)Nc1cccc(Br)c1)c1ccccc1. The van der Waals surface area contributed by atoms with Crippen LogP contribution in [0.5, 0.6) is 0 Å². The average molecular weight is 349 g/mol. The van der Waals surface area contributed by atoms with Crippen molar-refractivity contribution in [1.29, 1.82) is 0 Å². The third-order valence-corrected chi connectivity index (χ3v) is 3.76. The second-order valence-electron chi connectivity index (χ2n) is 4.66. The summed E-state index contributed by atoms with van der Waals surface area (Å²) in [5.74, 6) is 0.415. The first-order valence-electron chi connectivity index (χ1n) is 6.50. The summed E-state index contributed by atoms with van der Waals surface area (Å²) in [7, 11) is 0. The van der Waals surface area contributed by atoms with Crippen LogP contribution in [0, 0.1) is 0 Å². The van der Waals surface area contributed by atoms with Gasteiger partial charge in [-0.3, -0.25) is 0 Å². The van der Waals surface area contributed by atoms with Gasteiger partial charge in [0.05, 0.1) is 0 Å². The number of anilines is 1. The predicted octanol–water partition coefficient (Wildman–Crippen LogP) is 4.54. The van der Waals surface area contributed by atoms with E-state index in [2.05, 4.69) is 57.8 Å². The normalized spacial score (nSPS) is 11.7. The molecule has 0 amide bonds. The van der Waals surface area contributed by atoms with Crippen LogP contribution in [0.1, 0.15) is 18.4 Å². The fraction of sp³-hybridized carbons (Fsp3) is 0.188. The van der Waals surface area contributed by atoms with E-state index in [1.807, 2.05) is 30.3 Å². The van der Waals surface area contributed by atoms with Crippen LogP contribution in [0.15, 0.2) is 59.1 Å². The molecule has 0 saturated heterocycles. The Labute approximate surface area is 133 Å². The number of nitrogens with one attached hydrogen (secondary N) is 2. The predicted molar refractivity (Wildman–Crippen MR) is 93.2 cm³/mol. The Balaban J connectivity index is 1.83. The van der Waals surface area contributed by atoms with Crippen molar-refractivity contribution in [2.24, 2.45) is 0 Å². The van der Waals surface area contributed by atoms with E-state index in [0.29, 0.717) is 11.0 Å². The molecule has 0 fully saturated rings. The lowest BCUT2D eigenvalue weighted by atomic mass is 10.0. The zero-order valence-electron chi connectivity index (χ0n) is 11.3. The Bertz CT molecular complexity index is 572. The summed E-state index contributed by atoms with van der Waals surface area (Å²) in [6, 6.07) is 18.4. The number of thiocarbonyl (C=S) groups is 1. The zero-order chi connectivity index (χ0) is 14.4. The highest BCUT2D eigenvalue weighted by Gasteiger charge is 2.05. The van der Waals surface area contributed by atoms with Gasteiger partial charge in [0.15, 0.2) is 5.11 Å². The molecule has 2 aromatic carbocycles. The third kappa shape index (κ3) is 4.62. The second-order valence-corrected chi connectivity index (χ2v) is 5.98. The van der Waals surface area contributed by atoms with Crippen LogP contribution in [0.25, 0.3) is 0 Å². The molecule has 0 bridgehead atoms. The average Bonchev–Trinajstić information content (AvgIpc) is 2.46. The molecule has 0 heterocycles. The molecular weight excluding hydrogens is 332 g/mol. The molecule has 2 rings (SSSR count). The lowest BCUT2D eigenvalue weighted by Gasteiger charge is -2.15. The van der Waals surface area contributed by atoms with Gasteiger partial charge in [0.1, 0.15) is 0 Å². The van der Waals surface area contributed by atoms with Crippen LogP contribution in [0.3, 0.4) is 0 Å². The van der Waals surface area contributed by atoms with Crippen LogP contribution in [0.2, 0.25) is 0 Å². The maximum absolute atomic E-state index is 5.31. The standard InChI is InChI=1S/C16H17BrN2S/c1-12(13-6-3-2-4-7-13)11-18-16(20)19-15-9-5-8-14(17)10-15/h2-10,12H,11H2,1H3,(H2,18,19,20)/t12-/m1/s1. The van der Waals surface area contributed by atoms with Crippen LogP contribution in [0.4, 0.5) is 5.69 Å². The van der Waals surface area contributed by atoms with Gasteiger partial charge in [-0.1, -0.05) is 59.3 Å². The van der Waals surface area contributed by atoms with Gasteiger partial charge in [-0.2, -0.15) is 0 Å². The van der Waals surface area contributed by atoms with Crippen LogP contribution in [-0.4, -0.2) is 11.7 Å². The molecule has 1 atom stereocenters. The van der Waals surface area contributed by atoms with Crippen LogP contribution < -0.4 is 10.6 Å². The summed E-state index contributed by atoms with van der Waals surface area (Å²) >= 11 is 8.75. The molecule has 0 unspecified atom stereocenters. The zero-order valence-corrected chi connectivity index (χ0v) is 13.7. The van der Waals surface area contributed by atoms with E-state index in [4.69, 9.17) is 12.2 Å². The molecule has 4 heteroatoms. The fourth-order valence-corrected chi connectivity index (χ4v) is 2.49. The molecule has 0 aliphatic heterocycles. The van der Waals surface area contributed by atoms with E-state index < -0.39 is 0 Å². The van der Waals surface area contributed by atoms with Crippen molar-refractivity contribution in [2.45, 2.75) is 12.8 Å². The molecule has 0 saturated carbocycles. The largest absolute Gasteiger partial charge is 0.362 e. The Kier molecular flexibility index (Phi) is 5.56. The van der Waals surface area contributed by atoms with Gasteiger partial charge in [0, 0.05) is 16.7 Å². The molecule has 0 aliphatic rings. The molecule has 0 spiro atoms. The van der Waals surface area contributed by atoms with Crippen LogP contribution in [-0.2, 0) is 0 Å². The van der Waals surface area contributed by atoms with Crippen LogP contribution >= 0.6 is 28.1 Å². The highest BCUT2D eigenvalue weighted by atomic mass is 79.9. The van der Waals surface area contributed by atoms with Crippen molar-refractivity contribution in [1.82, 2.24) is 5.32 Å². The smallest absolute Gasteiger partial charge is 0.170 e. The number of rotatable bonds is 4. The molecule has 0 radical (unpaired) electrons. The van der Waals surface area contributed by atoms with E-state index in [1.54, 1.807) is 0 Å². The van der Waals surface area contributed by atoms with E-state index in [1.165, 1.54) is 5.56 Å². The topological polar surface area (TPSA) is 24.1 Å². The Morgan fingerprint density at radius 1 is 1.15 bits per heavy atom. The first-order valence-corrected chi connectivity index (χ1v) is 7.70. The molecule has 0 aromatic heterocycles. The van der Waals surface area contributed by atoms with E-state index in [0.717, 1.165) is 16.7 Å². The van der Waals surface area contributed by atoms with E-state index in [9.17, 15) is 0 Å². The van der Waals surface area contributed by atoms with Crippen molar-refractivity contribution in [3.63, 3.8) is 0 Å². The minimum Gasteiger partial charge on any atom is -0.362 e. The van der Waals surface area contributed by atoms with E-state index >= 15 is 0 Å². The van der Waals surface area contributed by atoms with Crippen molar-refractivity contribution in [2.75, 3.05) is 11.9 Å². The van der Waals surface area contributed by atoms with Crippen molar-refractivity contribution in [3.8, 4) is 0 Å². The molecule has 2 nitrogen and oxygen atoms in total. The molecule has 2 aromatic rings. The number of hydrogen-bond acceptors (Lipinski definition) is 1. The second kappa shape index (κ2) is 7.41. The Hall–Kier alpha value is -1.39. The summed E-state index contributed by atoms with van der Waals surface area (Å²) in [4.78, 5) is 0. The quantitative estimate of drug-likeness (QED) is 0.793. The number of halogens is 1. The summed E-state index contributed by atoms with van der Waals surface area (Å²) in [5.41, 5.74) is 2.29. The van der Waals surface area contributed by atoms with Gasteiger partial charge in [0.25, 0.3) is 0 Å². The molecule has 104 valence electrons. The highest BCUT2D eigenvalue weighted by molar-refractivity contribution is 9.10. The van der Waals surface area contributed by atoms with E-state index in [-0.39, 0.29) is 0 Å². The Morgan fingerprint density at radius 2 is 1.90 bits per heavy atom. The summed E-state index contributed by atoms with van der Waals surface area (Å²) in [6.45, 7) is 2.99. The van der Waals surface area contributed by atoms with Gasteiger partial charge in [0.2, 0.25) is 0 Å². The fourth-order valence-electron chi connectivity index (χ4n) is 1.89. The van der Waals surface area contributed by atoms with Gasteiger partial charge < -0.3 is 10.6 Å². The summed E-state index contributed by atoms with van der Waals surface area (Å²) in [6.07, 6.45) is 0. The Morgan fingerprint density at radius 3 is 2.60 bits per heavy atom. The summed E-state index contributed by atoms with van der Waals surface area (Å²) < 4.78 is 1.03. The molecule has 2 N–H and O–H groups in total. The highest BCUT2D eigenvalue weighted by Crippen LogP contribution is 2.16. The maximum Gasteiger partial charge on any atom is 0.170 e. The molecular formula is C16H17BrN2S. The van der Waals surface area contributed by atoms with Crippen molar-refractivity contribution in [3.05, 3.63) is 64.6 Å². The van der Waals surface area contributed by atoms with Crippen molar-refractivity contribution < 1.29 is 0 Å². The number of benzene rings is 2. The molecule has 0 aliphatic carbocycles. The van der Waals surface area contributed by atoms with Gasteiger partial charge in [-0.05, 0) is 41.9 Å². The van der Waals surface area contributed by atoms with Gasteiger partial charge in [-0.15, -0.1) is 0 Å². The summed E-state index contributed by atoms with van der Waals surface area (Å²) in [5, 5.41) is 7.08. The minimum absolute atomic E-state index is 0.415. The minimum atomic E-state index is 0.415. The van der Waals surface area contributed by atoms with Gasteiger partial charge >= 0.3 is 0 Å². The van der Waals surface area contributed by atoms with Crippen molar-refractivity contribution >= 4 is 38.9 Å². The lowest BCUT2D eigenvalue weighted by Crippen LogP contribution is -2.31. The molecule has 20 heavy (non-hydrogen) atoms. The monoisotopic (exact) mass is 348 g/mol. The number of hydrogen-bond donors (Lipinski definition) is 2. The maximum atomic E-state index is 5.31. The third-order valence-electron chi connectivity index (χ3n) is 3.02.